The highest BCUT2D eigenvalue weighted by molar-refractivity contribution is 6.30. The first-order valence-electron chi connectivity index (χ1n) is 8.21. The van der Waals surface area contributed by atoms with E-state index < -0.39 is 17.8 Å². The molecule has 136 valence electrons. The highest BCUT2D eigenvalue weighted by atomic mass is 35.5. The molecule has 2 N–H and O–H groups in total. The minimum absolute atomic E-state index is 0.0557. The third-order valence-electron chi connectivity index (χ3n) is 4.32. The van der Waals surface area contributed by atoms with Gasteiger partial charge in [0.2, 0.25) is 11.8 Å². The van der Waals surface area contributed by atoms with E-state index in [2.05, 4.69) is 15.7 Å². The molecule has 3 aromatic rings. The Morgan fingerprint density at radius 1 is 1.22 bits per heavy atom. The first-order valence-corrected chi connectivity index (χ1v) is 8.59. The van der Waals surface area contributed by atoms with Gasteiger partial charge in [0, 0.05) is 10.6 Å². The molecule has 0 spiro atoms. The van der Waals surface area contributed by atoms with Crippen molar-refractivity contribution >= 4 is 34.9 Å². The van der Waals surface area contributed by atoms with Crippen LogP contribution in [0.2, 0.25) is 5.02 Å². The molecule has 1 aromatic heterocycles. The van der Waals surface area contributed by atoms with Gasteiger partial charge in [-0.05, 0) is 29.8 Å². The molecule has 2 heterocycles. The Morgan fingerprint density at radius 3 is 2.70 bits per heavy atom. The number of carbonyl (C=O) groups excluding carboxylic acids is 2. The maximum atomic E-state index is 13.8. The summed E-state index contributed by atoms with van der Waals surface area (Å²) in [4.78, 5) is 24.9. The van der Waals surface area contributed by atoms with Gasteiger partial charge in [0.1, 0.15) is 17.7 Å². The van der Waals surface area contributed by atoms with Crippen LogP contribution in [0.1, 0.15) is 12.5 Å². The van der Waals surface area contributed by atoms with Gasteiger partial charge in [0.25, 0.3) is 0 Å². The first kappa shape index (κ1) is 17.2. The third kappa shape index (κ3) is 3.29. The second-order valence-electron chi connectivity index (χ2n) is 6.10. The van der Waals surface area contributed by atoms with Crippen molar-refractivity contribution in [1.29, 1.82) is 0 Å². The average Bonchev–Trinajstić information content (AvgIpc) is 3.07. The highest BCUT2D eigenvalue weighted by Crippen LogP contribution is 2.34. The maximum absolute atomic E-state index is 13.8. The normalized spacial score (nSPS) is 15.8. The molecule has 4 rings (SSSR count). The Bertz CT molecular complexity index is 1030. The van der Waals surface area contributed by atoms with Gasteiger partial charge in [-0.1, -0.05) is 35.9 Å². The van der Waals surface area contributed by atoms with Crippen molar-refractivity contribution in [1.82, 2.24) is 9.78 Å². The van der Waals surface area contributed by atoms with Crippen molar-refractivity contribution in [3.8, 4) is 11.1 Å². The number of rotatable bonds is 3. The molecule has 0 saturated heterocycles. The van der Waals surface area contributed by atoms with Crippen molar-refractivity contribution in [2.75, 3.05) is 10.6 Å². The number of para-hydroxylation sites is 1. The number of halogens is 2. The largest absolute Gasteiger partial charge is 0.322 e. The zero-order valence-electron chi connectivity index (χ0n) is 13.9. The molecule has 1 atom stereocenters. The predicted molar refractivity (Wildman–Crippen MR) is 100.0 cm³/mol. The average molecular weight is 385 g/mol. The lowest BCUT2D eigenvalue weighted by molar-refractivity contribution is -0.125. The molecule has 27 heavy (non-hydrogen) atoms. The van der Waals surface area contributed by atoms with E-state index in [0.717, 1.165) is 5.56 Å². The predicted octanol–water partition coefficient (Wildman–Crippen LogP) is 3.86. The zero-order chi connectivity index (χ0) is 19.0. The minimum atomic E-state index is -0.880. The van der Waals surface area contributed by atoms with Crippen LogP contribution >= 0.6 is 11.6 Å². The fourth-order valence-electron chi connectivity index (χ4n) is 2.99. The molecule has 2 amide bonds. The van der Waals surface area contributed by atoms with E-state index >= 15 is 0 Å². The van der Waals surface area contributed by atoms with Crippen molar-refractivity contribution in [3.05, 3.63) is 65.6 Å². The molecule has 8 heteroatoms. The van der Waals surface area contributed by atoms with E-state index in [1.165, 1.54) is 22.9 Å². The van der Waals surface area contributed by atoms with Gasteiger partial charge < -0.3 is 10.6 Å². The smallest absolute Gasteiger partial charge is 0.249 e. The van der Waals surface area contributed by atoms with Gasteiger partial charge in [-0.15, -0.1) is 0 Å². The minimum Gasteiger partial charge on any atom is -0.322 e. The van der Waals surface area contributed by atoms with Gasteiger partial charge in [-0.25, -0.2) is 9.07 Å². The molecular formula is C19H14ClFN4O2. The van der Waals surface area contributed by atoms with Crippen LogP contribution in [0.15, 0.2) is 54.7 Å². The maximum Gasteiger partial charge on any atom is 0.249 e. The summed E-state index contributed by atoms with van der Waals surface area (Å²) in [6, 6.07) is 12.0. The number of hydrogen-bond donors (Lipinski definition) is 2. The number of anilines is 2. The van der Waals surface area contributed by atoms with Gasteiger partial charge in [0.05, 0.1) is 18.3 Å². The second-order valence-corrected chi connectivity index (χ2v) is 6.53. The summed E-state index contributed by atoms with van der Waals surface area (Å²) in [6.07, 6.45) is 1.49. The standard InChI is InChI=1S/C19H14ClFN4O2/c20-12-7-5-11(6-8-12)13-10-22-25-16(9-17(26)24-18(13)25)19(27)23-15-4-2-1-3-14(15)21/h1-8,10,16H,9H2,(H,23,27)(H,24,26). The van der Waals surface area contributed by atoms with Gasteiger partial charge in [-0.2, -0.15) is 5.10 Å². The number of carbonyl (C=O) groups is 2. The van der Waals surface area contributed by atoms with Crippen molar-refractivity contribution in [2.45, 2.75) is 12.5 Å². The Morgan fingerprint density at radius 2 is 1.96 bits per heavy atom. The van der Waals surface area contributed by atoms with Gasteiger partial charge in [-0.3, -0.25) is 9.59 Å². The Hall–Kier alpha value is -3.19. The van der Waals surface area contributed by atoms with Crippen LogP contribution in [-0.4, -0.2) is 21.6 Å². The van der Waals surface area contributed by atoms with E-state index in [4.69, 9.17) is 11.6 Å². The molecule has 1 aliphatic heterocycles. The second kappa shape index (κ2) is 6.85. The number of fused-ring (bicyclic) bond motifs is 1. The number of nitrogens with one attached hydrogen (secondary N) is 2. The van der Waals surface area contributed by atoms with Crippen LogP contribution in [0.25, 0.3) is 11.1 Å². The molecule has 0 bridgehead atoms. The van der Waals surface area contributed by atoms with E-state index in [0.29, 0.717) is 16.4 Å². The van der Waals surface area contributed by atoms with Crippen LogP contribution in [0.5, 0.6) is 0 Å². The third-order valence-corrected chi connectivity index (χ3v) is 4.57. The van der Waals surface area contributed by atoms with Crippen molar-refractivity contribution < 1.29 is 14.0 Å². The van der Waals surface area contributed by atoms with E-state index in [9.17, 15) is 14.0 Å². The molecule has 6 nitrogen and oxygen atoms in total. The number of nitrogens with zero attached hydrogens (tertiary/aromatic N) is 2. The first-order chi connectivity index (χ1) is 13.0. The summed E-state index contributed by atoms with van der Waals surface area (Å²) in [6.45, 7) is 0. The monoisotopic (exact) mass is 384 g/mol. The number of hydrogen-bond acceptors (Lipinski definition) is 3. The van der Waals surface area contributed by atoms with Crippen LogP contribution in [0, 0.1) is 5.82 Å². The summed E-state index contributed by atoms with van der Waals surface area (Å²) in [5.74, 6) is -0.954. The lowest BCUT2D eigenvalue weighted by Crippen LogP contribution is -2.36. The van der Waals surface area contributed by atoms with Crippen molar-refractivity contribution in [2.24, 2.45) is 0 Å². The quantitative estimate of drug-likeness (QED) is 0.719. The molecule has 1 aliphatic rings. The molecule has 0 radical (unpaired) electrons. The molecular weight excluding hydrogens is 371 g/mol. The number of benzene rings is 2. The van der Waals surface area contributed by atoms with Crippen LogP contribution in [0.3, 0.4) is 0 Å². The zero-order valence-corrected chi connectivity index (χ0v) is 14.7. The summed E-state index contributed by atoms with van der Waals surface area (Å²) >= 11 is 5.92. The summed E-state index contributed by atoms with van der Waals surface area (Å²) in [5, 5.41) is 10.1. The van der Waals surface area contributed by atoms with Gasteiger partial charge >= 0.3 is 0 Å². The summed E-state index contributed by atoms with van der Waals surface area (Å²) < 4.78 is 15.3. The Labute approximate surface area is 158 Å². The molecule has 0 saturated carbocycles. The van der Waals surface area contributed by atoms with E-state index in [1.807, 2.05) is 0 Å². The summed E-state index contributed by atoms with van der Waals surface area (Å²) in [7, 11) is 0. The number of amides is 2. The van der Waals surface area contributed by atoms with Crippen LogP contribution in [0.4, 0.5) is 15.9 Å². The molecule has 1 unspecified atom stereocenters. The number of aromatic nitrogens is 2. The topological polar surface area (TPSA) is 76.0 Å². The Balaban J connectivity index is 1.67. The van der Waals surface area contributed by atoms with Crippen LogP contribution < -0.4 is 10.6 Å². The molecule has 0 fully saturated rings. The van der Waals surface area contributed by atoms with Crippen LogP contribution in [-0.2, 0) is 9.59 Å². The Kier molecular flexibility index (Phi) is 4.37. The molecule has 0 aliphatic carbocycles. The SMILES string of the molecule is O=C1CC(C(=O)Nc2ccccc2F)n2ncc(-c3ccc(Cl)cc3)c2N1. The lowest BCUT2D eigenvalue weighted by Gasteiger charge is -2.24. The lowest BCUT2D eigenvalue weighted by atomic mass is 10.1. The van der Waals surface area contributed by atoms with E-state index in [1.54, 1.807) is 36.5 Å². The summed E-state index contributed by atoms with van der Waals surface area (Å²) in [5.41, 5.74) is 1.53. The highest BCUT2D eigenvalue weighted by Gasteiger charge is 2.33. The fraction of sp³-hybridized carbons (Fsp3) is 0.105. The van der Waals surface area contributed by atoms with Gasteiger partial charge in [0.15, 0.2) is 0 Å². The fourth-order valence-corrected chi connectivity index (χ4v) is 3.12. The molecule has 2 aromatic carbocycles. The van der Waals surface area contributed by atoms with E-state index in [-0.39, 0.29) is 18.0 Å². The van der Waals surface area contributed by atoms with Crippen molar-refractivity contribution in [3.63, 3.8) is 0 Å².